The summed E-state index contributed by atoms with van der Waals surface area (Å²) in [4.78, 5) is 58.3. The van der Waals surface area contributed by atoms with Crippen molar-refractivity contribution in [1.29, 1.82) is 0 Å². The number of benzene rings is 2. The summed E-state index contributed by atoms with van der Waals surface area (Å²) < 4.78 is 55.4. The molecule has 2 aromatic carbocycles. The minimum absolute atomic E-state index is 0.0140. The first-order valence-corrected chi connectivity index (χ1v) is 17.8. The molecule has 1 N–H and O–H groups in total. The summed E-state index contributed by atoms with van der Waals surface area (Å²) in [6.07, 6.45) is -2.24. The lowest BCUT2D eigenvalue weighted by Crippen LogP contribution is -2.55. The summed E-state index contributed by atoms with van der Waals surface area (Å²) in [6, 6.07) is 10.3. The van der Waals surface area contributed by atoms with Crippen LogP contribution in [-0.2, 0) is 33.5 Å². The molecule has 0 unspecified atom stereocenters. The Kier molecular flexibility index (Phi) is 11.3. The Morgan fingerprint density at radius 2 is 1.73 bits per heavy atom. The minimum Gasteiger partial charge on any atom is -0.445 e. The van der Waals surface area contributed by atoms with Gasteiger partial charge in [0, 0.05) is 37.9 Å². The molecule has 51 heavy (non-hydrogen) atoms. The van der Waals surface area contributed by atoms with Crippen molar-refractivity contribution >= 4 is 29.7 Å². The number of alkyl carbamates (subject to hydrolysis) is 1. The topological polar surface area (TPSA) is 108 Å². The lowest BCUT2D eigenvalue weighted by atomic mass is 9.74. The van der Waals surface area contributed by atoms with Gasteiger partial charge in [0.1, 0.15) is 12.2 Å². The number of nitrogens with one attached hydrogen (secondary N) is 1. The predicted octanol–water partition coefficient (Wildman–Crippen LogP) is 7.33. The fourth-order valence-electron chi connectivity index (χ4n) is 7.62. The molecule has 1 saturated carbocycles. The molecule has 0 aromatic heterocycles. The molecule has 2 aromatic rings. The number of halogens is 3. The van der Waals surface area contributed by atoms with E-state index in [4.69, 9.17) is 9.47 Å². The molecule has 10 nitrogen and oxygen atoms in total. The van der Waals surface area contributed by atoms with E-state index < -0.39 is 58.5 Å². The molecule has 1 atom stereocenters. The van der Waals surface area contributed by atoms with Crippen molar-refractivity contribution in [1.82, 2.24) is 15.1 Å². The van der Waals surface area contributed by atoms with Gasteiger partial charge in [-0.2, -0.15) is 13.2 Å². The van der Waals surface area contributed by atoms with E-state index in [9.17, 15) is 32.3 Å². The fourth-order valence-corrected chi connectivity index (χ4v) is 7.62. The van der Waals surface area contributed by atoms with Gasteiger partial charge in [-0.05, 0) is 90.0 Å². The van der Waals surface area contributed by atoms with Crippen molar-refractivity contribution in [2.45, 2.75) is 110 Å². The first-order valence-electron chi connectivity index (χ1n) is 17.8. The third-order valence-electron chi connectivity index (χ3n) is 9.88. The van der Waals surface area contributed by atoms with E-state index in [2.05, 4.69) is 5.32 Å². The number of fused-ring (bicyclic) bond motifs is 1. The van der Waals surface area contributed by atoms with Crippen LogP contribution in [0.5, 0.6) is 0 Å². The van der Waals surface area contributed by atoms with E-state index in [1.807, 2.05) is 30.3 Å². The van der Waals surface area contributed by atoms with Gasteiger partial charge >= 0.3 is 18.4 Å². The number of carbonyl (C=O) groups is 4. The average Bonchev–Trinajstić information content (AvgIpc) is 3.53. The van der Waals surface area contributed by atoms with Crippen molar-refractivity contribution in [2.24, 2.45) is 5.41 Å². The van der Waals surface area contributed by atoms with E-state index in [-0.39, 0.29) is 44.3 Å². The van der Waals surface area contributed by atoms with Gasteiger partial charge in [0.05, 0.1) is 22.6 Å². The number of nitrogens with zero attached hydrogens (tertiary/aromatic N) is 3. The Labute approximate surface area is 297 Å². The van der Waals surface area contributed by atoms with E-state index in [0.717, 1.165) is 24.5 Å². The van der Waals surface area contributed by atoms with Crippen LogP contribution < -0.4 is 10.2 Å². The summed E-state index contributed by atoms with van der Waals surface area (Å²) in [5.74, 6) is -1.04. The second kappa shape index (κ2) is 15.1. The average molecular weight is 715 g/mol. The molecule has 2 aliphatic heterocycles. The van der Waals surface area contributed by atoms with Crippen molar-refractivity contribution in [3.8, 4) is 0 Å². The van der Waals surface area contributed by atoms with Crippen LogP contribution in [-0.4, -0.2) is 77.7 Å². The molecular formula is C38H49F3N4O6. The SMILES string of the molecule is CC(C)N(C(=O)c1cc2c(cc1C(F)(F)F)CC1(CCCC1)C(=O)N2CCNC(=O)OCc1ccccc1)[C@@H]1CCCN(C(=O)OC(C)(C)C)C1. The van der Waals surface area contributed by atoms with E-state index in [1.54, 1.807) is 34.6 Å². The second-order valence-corrected chi connectivity index (χ2v) is 15.2. The molecule has 0 radical (unpaired) electrons. The van der Waals surface area contributed by atoms with Gasteiger partial charge in [-0.25, -0.2) is 9.59 Å². The largest absolute Gasteiger partial charge is 0.445 e. The van der Waals surface area contributed by atoms with E-state index >= 15 is 0 Å². The van der Waals surface area contributed by atoms with E-state index in [1.165, 1.54) is 20.8 Å². The molecule has 3 aliphatic rings. The molecular weight excluding hydrogens is 665 g/mol. The third-order valence-corrected chi connectivity index (χ3v) is 9.88. The zero-order chi connectivity index (χ0) is 37.1. The monoisotopic (exact) mass is 714 g/mol. The molecule has 0 bridgehead atoms. The summed E-state index contributed by atoms with van der Waals surface area (Å²) in [5, 5.41) is 2.65. The Balaban J connectivity index is 1.44. The lowest BCUT2D eigenvalue weighted by molar-refractivity contribution is -0.138. The van der Waals surface area contributed by atoms with Crippen LogP contribution in [0.3, 0.4) is 0 Å². The summed E-state index contributed by atoms with van der Waals surface area (Å²) >= 11 is 0. The van der Waals surface area contributed by atoms with E-state index in [0.29, 0.717) is 37.8 Å². The van der Waals surface area contributed by atoms with Crippen LogP contribution in [0.4, 0.5) is 28.4 Å². The molecule has 4 amide bonds. The Morgan fingerprint density at radius 1 is 1.04 bits per heavy atom. The van der Waals surface area contributed by atoms with Gasteiger partial charge in [-0.15, -0.1) is 0 Å². The number of ether oxygens (including phenoxy) is 2. The van der Waals surface area contributed by atoms with Gasteiger partial charge in [0.15, 0.2) is 0 Å². The Bertz CT molecular complexity index is 1600. The Morgan fingerprint density at radius 3 is 2.35 bits per heavy atom. The maximum Gasteiger partial charge on any atom is 0.417 e. The van der Waals surface area contributed by atoms with Gasteiger partial charge < -0.3 is 29.5 Å². The normalized spacial score (nSPS) is 18.8. The number of alkyl halides is 3. The van der Waals surface area contributed by atoms with Crippen molar-refractivity contribution in [3.63, 3.8) is 0 Å². The zero-order valence-electron chi connectivity index (χ0n) is 30.1. The second-order valence-electron chi connectivity index (χ2n) is 15.2. The van der Waals surface area contributed by atoms with Gasteiger partial charge in [-0.3, -0.25) is 9.59 Å². The quantitative estimate of drug-likeness (QED) is 0.307. The van der Waals surface area contributed by atoms with Crippen LogP contribution in [0.2, 0.25) is 0 Å². The number of anilines is 1. The number of hydrogen-bond donors (Lipinski definition) is 1. The first kappa shape index (κ1) is 38.0. The van der Waals surface area contributed by atoms with Crippen molar-refractivity contribution < 1.29 is 41.8 Å². The number of amides is 4. The third kappa shape index (κ3) is 8.78. The summed E-state index contributed by atoms with van der Waals surface area (Å²) in [5.41, 5.74) is -1.81. The number of rotatable bonds is 8. The first-order chi connectivity index (χ1) is 24.0. The maximum atomic E-state index is 14.9. The molecule has 5 rings (SSSR count). The molecule has 13 heteroatoms. The smallest absolute Gasteiger partial charge is 0.417 e. The van der Waals surface area contributed by atoms with Crippen LogP contribution >= 0.6 is 0 Å². The standard InChI is InChI=1S/C38H49F3N4O6/c1-25(2)45(28-14-11-18-43(23-28)35(49)51-36(3,4)5)32(46)29-21-31-27(20-30(29)38(39,40)41)22-37(15-9-10-16-37)33(47)44(31)19-17-42-34(48)50-24-26-12-7-6-8-13-26/h6-8,12-13,20-21,25,28H,9-11,14-19,22-24H2,1-5H3,(H,42,48)/t28-/m1/s1. The summed E-state index contributed by atoms with van der Waals surface area (Å²) in [6.45, 7) is 9.26. The molecule has 1 saturated heterocycles. The van der Waals surface area contributed by atoms with Crippen molar-refractivity contribution in [3.05, 3.63) is 64.7 Å². The number of piperidine rings is 1. The number of carbonyl (C=O) groups excluding carboxylic acids is 4. The zero-order valence-corrected chi connectivity index (χ0v) is 30.1. The Hall–Kier alpha value is -4.29. The minimum atomic E-state index is -4.85. The van der Waals surface area contributed by atoms with Crippen molar-refractivity contribution in [2.75, 3.05) is 31.1 Å². The van der Waals surface area contributed by atoms with Crippen LogP contribution in [0.25, 0.3) is 0 Å². The maximum absolute atomic E-state index is 14.9. The number of likely N-dealkylation sites (tertiary alicyclic amines) is 1. The molecule has 2 fully saturated rings. The van der Waals surface area contributed by atoms with Crippen LogP contribution in [0, 0.1) is 5.41 Å². The lowest BCUT2D eigenvalue weighted by Gasteiger charge is -2.43. The summed E-state index contributed by atoms with van der Waals surface area (Å²) in [7, 11) is 0. The molecule has 2 heterocycles. The number of hydrogen-bond acceptors (Lipinski definition) is 6. The fraction of sp³-hybridized carbons (Fsp3) is 0.579. The highest BCUT2D eigenvalue weighted by Gasteiger charge is 2.49. The molecule has 1 spiro atoms. The highest BCUT2D eigenvalue weighted by Crippen LogP contribution is 2.49. The van der Waals surface area contributed by atoms with Crippen LogP contribution in [0.15, 0.2) is 42.5 Å². The molecule has 278 valence electrons. The molecule has 1 aliphatic carbocycles. The van der Waals surface area contributed by atoms with Gasteiger partial charge in [-0.1, -0.05) is 43.2 Å². The van der Waals surface area contributed by atoms with Gasteiger partial charge in [0.2, 0.25) is 5.91 Å². The highest BCUT2D eigenvalue weighted by molar-refractivity contribution is 6.04. The highest BCUT2D eigenvalue weighted by atomic mass is 19.4. The van der Waals surface area contributed by atoms with Crippen LogP contribution in [0.1, 0.15) is 100 Å². The van der Waals surface area contributed by atoms with Gasteiger partial charge in [0.25, 0.3) is 5.91 Å². The predicted molar refractivity (Wildman–Crippen MR) is 185 cm³/mol.